The molecule has 2 heterocycles. The zero-order chi connectivity index (χ0) is 24.3. The monoisotopic (exact) mass is 483 g/mol. The maximum absolute atomic E-state index is 10.9. The van der Waals surface area contributed by atoms with E-state index in [0.29, 0.717) is 19.8 Å². The third-order valence-electron chi connectivity index (χ3n) is 7.92. The van der Waals surface area contributed by atoms with Crippen molar-refractivity contribution in [2.75, 3.05) is 13.2 Å². The Labute approximate surface area is 206 Å². The number of nitrogens with zero attached hydrogens (tertiary/aromatic N) is 1. The van der Waals surface area contributed by atoms with Gasteiger partial charge in [-0.3, -0.25) is 4.90 Å². The number of hydrogen-bond acceptors (Lipinski definition) is 5. The van der Waals surface area contributed by atoms with E-state index in [4.69, 9.17) is 13.9 Å². The highest BCUT2D eigenvalue weighted by Crippen LogP contribution is 2.40. The van der Waals surface area contributed by atoms with Crippen molar-refractivity contribution in [1.29, 1.82) is 0 Å². The molecular weight excluding hydrogens is 442 g/mol. The highest BCUT2D eigenvalue weighted by Gasteiger charge is 2.56. The van der Waals surface area contributed by atoms with E-state index in [-0.39, 0.29) is 29.3 Å². The van der Waals surface area contributed by atoms with E-state index in [0.717, 1.165) is 24.1 Å². The van der Waals surface area contributed by atoms with Gasteiger partial charge in [-0.25, -0.2) is 0 Å². The molecule has 5 nitrogen and oxygen atoms in total. The first kappa shape index (κ1) is 25.5. The van der Waals surface area contributed by atoms with Crippen LogP contribution in [0.25, 0.3) is 0 Å². The largest absolute Gasteiger partial charge is 0.415 e. The van der Waals surface area contributed by atoms with Gasteiger partial charge < -0.3 is 19.0 Å². The molecule has 0 unspecified atom stereocenters. The van der Waals surface area contributed by atoms with Crippen LogP contribution in [0.15, 0.2) is 60.7 Å². The van der Waals surface area contributed by atoms with Crippen molar-refractivity contribution in [3.63, 3.8) is 0 Å². The number of fused-ring (bicyclic) bond motifs is 1. The summed E-state index contributed by atoms with van der Waals surface area (Å²) in [5.74, 6) is 0. The molecule has 186 valence electrons. The van der Waals surface area contributed by atoms with E-state index in [1.54, 1.807) is 0 Å². The van der Waals surface area contributed by atoms with Crippen molar-refractivity contribution in [3.05, 3.63) is 71.8 Å². The van der Waals surface area contributed by atoms with Crippen LogP contribution >= 0.6 is 0 Å². The Morgan fingerprint density at radius 2 is 1.41 bits per heavy atom. The zero-order valence-electron chi connectivity index (χ0n) is 21.3. The first-order valence-corrected chi connectivity index (χ1v) is 15.5. The molecule has 2 fully saturated rings. The fraction of sp³-hybridized carbons (Fsp3) is 0.571. The van der Waals surface area contributed by atoms with E-state index < -0.39 is 14.4 Å². The Balaban J connectivity index is 1.56. The molecule has 6 heteroatoms. The van der Waals surface area contributed by atoms with E-state index in [1.165, 1.54) is 0 Å². The van der Waals surface area contributed by atoms with E-state index in [9.17, 15) is 5.11 Å². The Morgan fingerprint density at radius 1 is 0.882 bits per heavy atom. The van der Waals surface area contributed by atoms with Gasteiger partial charge in [0.2, 0.25) is 0 Å². The topological polar surface area (TPSA) is 51.2 Å². The second kappa shape index (κ2) is 10.6. The second-order valence-corrected chi connectivity index (χ2v) is 16.1. The number of benzene rings is 2. The number of rotatable bonds is 9. The van der Waals surface area contributed by atoms with E-state index in [1.807, 2.05) is 36.4 Å². The van der Waals surface area contributed by atoms with Crippen LogP contribution < -0.4 is 0 Å². The quantitative estimate of drug-likeness (QED) is 0.509. The van der Waals surface area contributed by atoms with Crippen LogP contribution in [0, 0.1) is 0 Å². The molecule has 2 aromatic carbocycles. The van der Waals surface area contributed by atoms with E-state index in [2.05, 4.69) is 63.0 Å². The molecule has 0 aliphatic carbocycles. The molecular formula is C28H41NO4Si. The molecule has 5 atom stereocenters. The summed E-state index contributed by atoms with van der Waals surface area (Å²) < 4.78 is 19.8. The van der Waals surface area contributed by atoms with Crippen molar-refractivity contribution in [2.45, 2.75) is 88.9 Å². The SMILES string of the molecule is CC(C)(C)[Si](C)(C)OC[C@@H]1[C@@H](OCc2ccccc2)[C@H](OCc2ccccc2)[C@H]2[C@H](O)CCN21. The number of aliphatic hydroxyl groups excluding tert-OH is 1. The summed E-state index contributed by atoms with van der Waals surface area (Å²) in [5, 5.41) is 11.1. The lowest BCUT2D eigenvalue weighted by Gasteiger charge is -2.38. The lowest BCUT2D eigenvalue weighted by molar-refractivity contribution is -0.0915. The first-order valence-electron chi connectivity index (χ1n) is 12.6. The van der Waals surface area contributed by atoms with Crippen molar-refractivity contribution in [3.8, 4) is 0 Å². The molecule has 34 heavy (non-hydrogen) atoms. The van der Waals surface area contributed by atoms with Gasteiger partial charge in [-0.2, -0.15) is 0 Å². The van der Waals surface area contributed by atoms with Crippen molar-refractivity contribution in [2.24, 2.45) is 0 Å². The molecule has 0 aromatic heterocycles. The molecule has 2 aromatic rings. The minimum absolute atomic E-state index is 0.0563. The number of ether oxygens (including phenoxy) is 2. The predicted molar refractivity (Wildman–Crippen MR) is 138 cm³/mol. The second-order valence-electron chi connectivity index (χ2n) is 11.2. The lowest BCUT2D eigenvalue weighted by atomic mass is 10.0. The Hall–Kier alpha value is -1.54. The van der Waals surface area contributed by atoms with Gasteiger partial charge in [0.1, 0.15) is 12.2 Å². The molecule has 1 N–H and O–H groups in total. The molecule has 0 saturated carbocycles. The summed E-state index contributed by atoms with van der Waals surface area (Å²) in [6, 6.07) is 20.5. The van der Waals surface area contributed by atoms with Gasteiger partial charge in [0.25, 0.3) is 0 Å². The van der Waals surface area contributed by atoms with Crippen LogP contribution in [0.4, 0.5) is 0 Å². The lowest BCUT2D eigenvalue weighted by Crippen LogP contribution is -2.48. The highest BCUT2D eigenvalue weighted by molar-refractivity contribution is 6.74. The normalized spacial score (nSPS) is 27.8. The predicted octanol–water partition coefficient (Wildman–Crippen LogP) is 5.00. The highest BCUT2D eigenvalue weighted by atomic mass is 28.4. The summed E-state index contributed by atoms with van der Waals surface area (Å²) in [6.07, 6.45) is -0.0396. The fourth-order valence-corrected chi connectivity index (χ4v) is 5.87. The fourth-order valence-electron chi connectivity index (χ4n) is 4.85. The number of aliphatic hydroxyl groups is 1. The third-order valence-corrected chi connectivity index (χ3v) is 12.4. The third kappa shape index (κ3) is 5.64. The van der Waals surface area contributed by atoms with Crippen LogP contribution in [0.3, 0.4) is 0 Å². The van der Waals surface area contributed by atoms with Crippen LogP contribution in [0.1, 0.15) is 38.3 Å². The van der Waals surface area contributed by atoms with Crippen LogP contribution in [0.5, 0.6) is 0 Å². The zero-order valence-corrected chi connectivity index (χ0v) is 22.3. The maximum atomic E-state index is 10.9. The van der Waals surface area contributed by atoms with Gasteiger partial charge >= 0.3 is 0 Å². The summed E-state index contributed by atoms with van der Waals surface area (Å²) in [5.41, 5.74) is 2.27. The summed E-state index contributed by atoms with van der Waals surface area (Å²) >= 11 is 0. The minimum atomic E-state index is -1.93. The van der Waals surface area contributed by atoms with Gasteiger partial charge in [-0.05, 0) is 35.7 Å². The molecule has 2 saturated heterocycles. The standard InChI is InChI=1S/C28H41NO4Si/c1-28(2,3)34(4,5)33-20-23-26(31-18-21-12-8-6-9-13-21)27(25-24(30)16-17-29(23)25)32-19-22-14-10-7-11-15-22/h6-15,23-27,30H,16-20H2,1-5H3/t23-,24-,25-,26-,27-/m1/s1. The van der Waals surface area contributed by atoms with E-state index >= 15 is 0 Å². The first-order chi connectivity index (χ1) is 16.2. The van der Waals surface area contributed by atoms with Gasteiger partial charge in [0.05, 0.1) is 38.0 Å². The van der Waals surface area contributed by atoms with Crippen LogP contribution in [0.2, 0.25) is 18.1 Å². The van der Waals surface area contributed by atoms with Gasteiger partial charge in [0.15, 0.2) is 8.32 Å². The summed E-state index contributed by atoms with van der Waals surface area (Å²) in [4.78, 5) is 2.39. The van der Waals surface area contributed by atoms with Crippen LogP contribution in [-0.2, 0) is 27.1 Å². The molecule has 2 aliphatic rings. The molecule has 2 aliphatic heterocycles. The van der Waals surface area contributed by atoms with Crippen molar-refractivity contribution < 1.29 is 19.0 Å². The Bertz CT molecular complexity index is 902. The molecule has 0 spiro atoms. The van der Waals surface area contributed by atoms with Crippen LogP contribution in [-0.4, -0.2) is 61.9 Å². The Kier molecular flexibility index (Phi) is 7.97. The maximum Gasteiger partial charge on any atom is 0.192 e. The minimum Gasteiger partial charge on any atom is -0.415 e. The van der Waals surface area contributed by atoms with Gasteiger partial charge in [0, 0.05) is 6.54 Å². The summed E-state index contributed by atoms with van der Waals surface area (Å²) in [6.45, 7) is 13.9. The smallest absolute Gasteiger partial charge is 0.192 e. The molecule has 4 rings (SSSR count). The molecule has 0 radical (unpaired) electrons. The number of hydrogen-bond donors (Lipinski definition) is 1. The Morgan fingerprint density at radius 3 is 1.94 bits per heavy atom. The van der Waals surface area contributed by atoms with Gasteiger partial charge in [-0.1, -0.05) is 81.4 Å². The summed E-state index contributed by atoms with van der Waals surface area (Å²) in [7, 11) is -1.93. The average Bonchev–Trinajstić information content (AvgIpc) is 3.32. The molecule has 0 amide bonds. The molecule has 0 bridgehead atoms. The van der Waals surface area contributed by atoms with Gasteiger partial charge in [-0.15, -0.1) is 0 Å². The van der Waals surface area contributed by atoms with Crippen molar-refractivity contribution in [1.82, 2.24) is 4.90 Å². The average molecular weight is 484 g/mol. The van der Waals surface area contributed by atoms with Crippen molar-refractivity contribution >= 4 is 8.32 Å².